The summed E-state index contributed by atoms with van der Waals surface area (Å²) in [5.41, 5.74) is 9.39. The Morgan fingerprint density at radius 2 is 2.20 bits per heavy atom. The fourth-order valence-corrected chi connectivity index (χ4v) is 2.75. The van der Waals surface area contributed by atoms with Crippen molar-refractivity contribution in [3.63, 3.8) is 0 Å². The number of hydrogen-bond acceptors (Lipinski definition) is 3. The maximum Gasteiger partial charge on any atom is 0.145 e. The lowest BCUT2D eigenvalue weighted by atomic mass is 10.2. The van der Waals surface area contributed by atoms with Gasteiger partial charge in [-0.1, -0.05) is 22.0 Å². The molecule has 0 radical (unpaired) electrons. The molecule has 1 aromatic carbocycles. The summed E-state index contributed by atoms with van der Waals surface area (Å²) in [6, 6.07) is 9.71. The molecule has 3 rings (SSSR count). The topological polar surface area (TPSA) is 52.5 Å². The number of fused-ring (bicyclic) bond motifs is 1. The molecule has 3 aromatic rings. The maximum atomic E-state index is 5.98. The predicted molar refractivity (Wildman–Crippen MR) is 82.8 cm³/mol. The van der Waals surface area contributed by atoms with E-state index in [9.17, 15) is 0 Å². The highest BCUT2D eigenvalue weighted by Gasteiger charge is 2.08. The number of ether oxygens (including phenoxy) is 1. The monoisotopic (exact) mass is 331 g/mol. The lowest BCUT2D eigenvalue weighted by molar-refractivity contribution is 0.301. The Bertz CT molecular complexity index is 711. The molecule has 5 heteroatoms. The summed E-state index contributed by atoms with van der Waals surface area (Å²) in [5, 5.41) is 0. The van der Waals surface area contributed by atoms with E-state index in [0.29, 0.717) is 18.0 Å². The first-order valence-electron chi connectivity index (χ1n) is 6.24. The number of rotatable bonds is 3. The van der Waals surface area contributed by atoms with E-state index in [2.05, 4.69) is 20.9 Å². The second-order valence-corrected chi connectivity index (χ2v) is 5.54. The molecule has 0 amide bonds. The normalized spacial score (nSPS) is 10.9. The van der Waals surface area contributed by atoms with Gasteiger partial charge >= 0.3 is 0 Å². The van der Waals surface area contributed by atoms with E-state index in [1.807, 2.05) is 54.0 Å². The van der Waals surface area contributed by atoms with Gasteiger partial charge in [0.05, 0.1) is 11.4 Å². The summed E-state index contributed by atoms with van der Waals surface area (Å²) in [6.07, 6.45) is 3.92. The van der Waals surface area contributed by atoms with Crippen molar-refractivity contribution in [1.29, 1.82) is 0 Å². The number of aromatic nitrogens is 2. The molecule has 0 saturated heterocycles. The minimum Gasteiger partial charge on any atom is -0.485 e. The van der Waals surface area contributed by atoms with Crippen LogP contribution in [0.15, 0.2) is 47.2 Å². The molecule has 0 aliphatic rings. The lowest BCUT2D eigenvalue weighted by Gasteiger charge is -2.11. The van der Waals surface area contributed by atoms with Crippen LogP contribution in [-0.4, -0.2) is 9.38 Å². The Morgan fingerprint density at radius 3 is 2.95 bits per heavy atom. The number of halogens is 1. The lowest BCUT2D eigenvalue weighted by Crippen LogP contribution is -2.01. The van der Waals surface area contributed by atoms with Crippen LogP contribution in [0.4, 0.5) is 5.69 Å². The summed E-state index contributed by atoms with van der Waals surface area (Å²) in [4.78, 5) is 4.49. The highest BCUT2D eigenvalue weighted by atomic mass is 79.9. The van der Waals surface area contributed by atoms with Crippen LogP contribution in [0.2, 0.25) is 0 Å². The van der Waals surface area contributed by atoms with E-state index in [-0.39, 0.29) is 0 Å². The van der Waals surface area contributed by atoms with E-state index in [0.717, 1.165) is 21.4 Å². The second-order valence-electron chi connectivity index (χ2n) is 4.63. The van der Waals surface area contributed by atoms with Gasteiger partial charge in [-0.25, -0.2) is 4.98 Å². The molecule has 0 unspecified atom stereocenters. The molecular formula is C15H14BrN3O. The van der Waals surface area contributed by atoms with Crippen molar-refractivity contribution in [2.45, 2.75) is 13.5 Å². The van der Waals surface area contributed by atoms with Crippen LogP contribution in [0, 0.1) is 6.92 Å². The summed E-state index contributed by atoms with van der Waals surface area (Å²) in [7, 11) is 0. The van der Waals surface area contributed by atoms with Crippen LogP contribution in [0.25, 0.3) is 5.65 Å². The van der Waals surface area contributed by atoms with Gasteiger partial charge in [-0.3, -0.25) is 0 Å². The van der Waals surface area contributed by atoms with Crippen LogP contribution in [0.5, 0.6) is 5.75 Å². The van der Waals surface area contributed by atoms with Crippen LogP contribution in [0.3, 0.4) is 0 Å². The Labute approximate surface area is 125 Å². The average Bonchev–Trinajstić information content (AvgIpc) is 2.80. The molecule has 0 atom stereocenters. The summed E-state index contributed by atoms with van der Waals surface area (Å²) in [6.45, 7) is 2.37. The van der Waals surface area contributed by atoms with Gasteiger partial charge in [0, 0.05) is 16.9 Å². The van der Waals surface area contributed by atoms with Crippen molar-refractivity contribution >= 4 is 27.3 Å². The molecule has 0 aliphatic carbocycles. The third-order valence-electron chi connectivity index (χ3n) is 3.05. The van der Waals surface area contributed by atoms with Gasteiger partial charge < -0.3 is 14.9 Å². The number of anilines is 1. The molecule has 20 heavy (non-hydrogen) atoms. The third-order valence-corrected chi connectivity index (χ3v) is 3.50. The van der Waals surface area contributed by atoms with E-state index in [4.69, 9.17) is 10.5 Å². The quantitative estimate of drug-likeness (QED) is 0.746. The number of hydrogen-bond donors (Lipinski definition) is 1. The molecule has 102 valence electrons. The van der Waals surface area contributed by atoms with Crippen LogP contribution < -0.4 is 10.5 Å². The van der Waals surface area contributed by atoms with Gasteiger partial charge in [-0.15, -0.1) is 0 Å². The van der Waals surface area contributed by atoms with Gasteiger partial charge in [0.1, 0.15) is 18.0 Å². The Balaban J connectivity index is 1.83. The van der Waals surface area contributed by atoms with Crippen molar-refractivity contribution in [1.82, 2.24) is 9.38 Å². The minimum absolute atomic E-state index is 0.397. The number of aryl methyl sites for hydroxylation is 1. The Hall–Kier alpha value is -2.01. The van der Waals surface area contributed by atoms with Gasteiger partial charge in [0.25, 0.3) is 0 Å². The largest absolute Gasteiger partial charge is 0.485 e. The number of nitrogen functional groups attached to an aromatic ring is 1. The van der Waals surface area contributed by atoms with E-state index >= 15 is 0 Å². The standard InChI is InChI=1S/C15H14BrN3O/c1-10-6-11(16)7-13(17)15(10)20-9-12-8-19-5-3-2-4-14(19)18-12/h2-8H,9,17H2,1H3. The summed E-state index contributed by atoms with van der Waals surface area (Å²) in [5.74, 6) is 0.713. The summed E-state index contributed by atoms with van der Waals surface area (Å²) < 4.78 is 8.74. The van der Waals surface area contributed by atoms with Gasteiger partial charge in [0.2, 0.25) is 0 Å². The van der Waals surface area contributed by atoms with Gasteiger partial charge in [-0.05, 0) is 36.8 Å². The van der Waals surface area contributed by atoms with Crippen molar-refractivity contribution in [3.05, 3.63) is 58.5 Å². The van der Waals surface area contributed by atoms with Gasteiger partial charge in [-0.2, -0.15) is 0 Å². The van der Waals surface area contributed by atoms with E-state index < -0.39 is 0 Å². The fourth-order valence-electron chi connectivity index (χ4n) is 2.16. The second kappa shape index (κ2) is 5.17. The number of nitrogens with zero attached hydrogens (tertiary/aromatic N) is 2. The molecule has 0 bridgehead atoms. The SMILES string of the molecule is Cc1cc(Br)cc(N)c1OCc1cn2ccccc2n1. The Morgan fingerprint density at radius 1 is 1.35 bits per heavy atom. The highest BCUT2D eigenvalue weighted by Crippen LogP contribution is 2.30. The Kier molecular flexibility index (Phi) is 3.36. The highest BCUT2D eigenvalue weighted by molar-refractivity contribution is 9.10. The number of benzene rings is 1. The summed E-state index contributed by atoms with van der Waals surface area (Å²) >= 11 is 3.42. The van der Waals surface area contributed by atoms with Crippen molar-refractivity contribution in [2.75, 3.05) is 5.73 Å². The number of nitrogens with two attached hydrogens (primary N) is 1. The molecule has 4 nitrogen and oxygen atoms in total. The molecule has 0 saturated carbocycles. The van der Waals surface area contributed by atoms with Crippen LogP contribution >= 0.6 is 15.9 Å². The zero-order chi connectivity index (χ0) is 14.1. The molecule has 2 N–H and O–H groups in total. The number of imidazole rings is 1. The van der Waals surface area contributed by atoms with E-state index in [1.165, 1.54) is 0 Å². The zero-order valence-corrected chi connectivity index (χ0v) is 12.6. The van der Waals surface area contributed by atoms with Crippen molar-refractivity contribution in [3.8, 4) is 5.75 Å². The van der Waals surface area contributed by atoms with Gasteiger partial charge in [0.15, 0.2) is 0 Å². The van der Waals surface area contributed by atoms with Crippen molar-refractivity contribution in [2.24, 2.45) is 0 Å². The van der Waals surface area contributed by atoms with E-state index in [1.54, 1.807) is 0 Å². The zero-order valence-electron chi connectivity index (χ0n) is 11.0. The van der Waals surface area contributed by atoms with Crippen LogP contribution in [-0.2, 0) is 6.61 Å². The first kappa shape index (κ1) is 13.0. The van der Waals surface area contributed by atoms with Crippen LogP contribution in [0.1, 0.15) is 11.3 Å². The predicted octanol–water partition coefficient (Wildman–Crippen LogP) is 3.57. The smallest absolute Gasteiger partial charge is 0.145 e. The molecule has 0 fully saturated rings. The first-order chi connectivity index (χ1) is 9.63. The fraction of sp³-hybridized carbons (Fsp3) is 0.133. The molecule has 0 aliphatic heterocycles. The minimum atomic E-state index is 0.397. The first-order valence-corrected chi connectivity index (χ1v) is 7.04. The molecule has 0 spiro atoms. The number of pyridine rings is 1. The molecule has 2 heterocycles. The molecule has 2 aromatic heterocycles. The third kappa shape index (κ3) is 2.49. The maximum absolute atomic E-state index is 5.98. The average molecular weight is 332 g/mol. The molecular weight excluding hydrogens is 318 g/mol. The van der Waals surface area contributed by atoms with Crippen molar-refractivity contribution < 1.29 is 4.74 Å².